The monoisotopic (exact) mass is 126 g/mol. The zero-order chi connectivity index (χ0) is 6.48. The molecule has 0 spiro atoms. The van der Waals surface area contributed by atoms with E-state index in [4.69, 9.17) is 0 Å². The normalized spacial score (nSPS) is 45.4. The van der Waals surface area contributed by atoms with E-state index in [-0.39, 0.29) is 11.6 Å². The average Bonchev–Trinajstić information content (AvgIpc) is 2.38. The van der Waals surface area contributed by atoms with Crippen LogP contribution in [0.5, 0.6) is 0 Å². The number of amides is 2. The van der Waals surface area contributed by atoms with Crippen LogP contribution >= 0.6 is 0 Å². The Hall–Kier alpha value is -0.730. The summed E-state index contributed by atoms with van der Waals surface area (Å²) in [7, 11) is 0. The maximum absolute atomic E-state index is 10.6. The van der Waals surface area contributed by atoms with Crippen molar-refractivity contribution in [3.63, 3.8) is 0 Å². The summed E-state index contributed by atoms with van der Waals surface area (Å²) in [5, 5.41) is 5.74. The molecule has 2 N–H and O–H groups in total. The molecule has 1 saturated heterocycles. The van der Waals surface area contributed by atoms with Crippen molar-refractivity contribution in [3.8, 4) is 0 Å². The Kier molecular flexibility index (Phi) is 0.693. The Morgan fingerprint density at radius 1 is 1.89 bits per heavy atom. The lowest BCUT2D eigenvalue weighted by Gasteiger charge is -2.05. The quantitative estimate of drug-likeness (QED) is 0.518. The minimum Gasteiger partial charge on any atom is -0.333 e. The van der Waals surface area contributed by atoms with E-state index >= 15 is 0 Å². The Morgan fingerprint density at radius 2 is 2.67 bits per heavy atom. The standard InChI is InChI=1S/C6H10N2O/c1-2-6-3-4(6)7-5(9)8-6/h4H,2-3H2,1H3,(H2,7,8,9). The molecule has 0 aromatic heterocycles. The van der Waals surface area contributed by atoms with Crippen LogP contribution < -0.4 is 10.6 Å². The maximum Gasteiger partial charge on any atom is 0.315 e. The topological polar surface area (TPSA) is 41.1 Å². The molecule has 1 aliphatic heterocycles. The number of carbonyl (C=O) groups excluding carboxylic acids is 1. The van der Waals surface area contributed by atoms with Crippen molar-refractivity contribution in [2.75, 3.05) is 0 Å². The fourth-order valence-electron chi connectivity index (χ4n) is 1.53. The molecule has 50 valence electrons. The summed E-state index contributed by atoms with van der Waals surface area (Å²) < 4.78 is 0. The highest BCUT2D eigenvalue weighted by molar-refractivity contribution is 5.80. The van der Waals surface area contributed by atoms with Crippen LogP contribution in [-0.2, 0) is 0 Å². The number of urea groups is 1. The van der Waals surface area contributed by atoms with Crippen molar-refractivity contribution in [3.05, 3.63) is 0 Å². The molecule has 2 amide bonds. The summed E-state index contributed by atoms with van der Waals surface area (Å²) >= 11 is 0. The molecule has 3 heteroatoms. The average molecular weight is 126 g/mol. The van der Waals surface area contributed by atoms with E-state index < -0.39 is 0 Å². The van der Waals surface area contributed by atoms with Gasteiger partial charge in [-0.05, 0) is 12.8 Å². The van der Waals surface area contributed by atoms with Gasteiger partial charge in [-0.25, -0.2) is 4.79 Å². The molecule has 2 unspecified atom stereocenters. The van der Waals surface area contributed by atoms with Gasteiger partial charge in [-0.3, -0.25) is 0 Å². The SMILES string of the molecule is CCC12CC1NC(=O)N2. The molecule has 2 fully saturated rings. The van der Waals surface area contributed by atoms with Gasteiger partial charge in [0.15, 0.2) is 0 Å². The summed E-state index contributed by atoms with van der Waals surface area (Å²) in [6.07, 6.45) is 2.17. The van der Waals surface area contributed by atoms with E-state index in [1.807, 2.05) is 0 Å². The Bertz CT molecular complexity index is 164. The predicted molar refractivity (Wildman–Crippen MR) is 33.1 cm³/mol. The first-order valence-corrected chi connectivity index (χ1v) is 3.35. The van der Waals surface area contributed by atoms with Crippen LogP contribution in [0.4, 0.5) is 4.79 Å². The molecule has 2 atom stereocenters. The molecule has 3 nitrogen and oxygen atoms in total. The maximum atomic E-state index is 10.6. The second-order valence-corrected chi connectivity index (χ2v) is 2.86. The van der Waals surface area contributed by atoms with Crippen LogP contribution in [0.25, 0.3) is 0 Å². The van der Waals surface area contributed by atoms with Crippen molar-refractivity contribution in [1.82, 2.24) is 10.6 Å². The van der Waals surface area contributed by atoms with Crippen LogP contribution in [0.2, 0.25) is 0 Å². The van der Waals surface area contributed by atoms with Gasteiger partial charge in [0.05, 0.1) is 11.6 Å². The van der Waals surface area contributed by atoms with E-state index in [0.29, 0.717) is 6.04 Å². The van der Waals surface area contributed by atoms with Gasteiger partial charge in [-0.15, -0.1) is 0 Å². The number of rotatable bonds is 1. The van der Waals surface area contributed by atoms with Gasteiger partial charge in [-0.2, -0.15) is 0 Å². The minimum absolute atomic E-state index is 0.00750. The number of nitrogens with one attached hydrogen (secondary N) is 2. The zero-order valence-electron chi connectivity index (χ0n) is 5.40. The molecule has 0 radical (unpaired) electrons. The summed E-state index contributed by atoms with van der Waals surface area (Å²) in [4.78, 5) is 10.6. The second kappa shape index (κ2) is 1.23. The zero-order valence-corrected chi connectivity index (χ0v) is 5.40. The van der Waals surface area contributed by atoms with E-state index in [1.165, 1.54) is 0 Å². The molecule has 0 bridgehead atoms. The minimum atomic E-state index is 0.00750. The van der Waals surface area contributed by atoms with Gasteiger partial charge in [0.25, 0.3) is 0 Å². The van der Waals surface area contributed by atoms with Gasteiger partial charge >= 0.3 is 6.03 Å². The van der Waals surface area contributed by atoms with Gasteiger partial charge in [0.2, 0.25) is 0 Å². The van der Waals surface area contributed by atoms with Crippen molar-refractivity contribution in [2.45, 2.75) is 31.3 Å². The van der Waals surface area contributed by atoms with Crippen molar-refractivity contribution < 1.29 is 4.79 Å². The molecular weight excluding hydrogens is 116 g/mol. The highest BCUT2D eigenvalue weighted by Gasteiger charge is 2.59. The Morgan fingerprint density at radius 3 is 3.00 bits per heavy atom. The van der Waals surface area contributed by atoms with Crippen molar-refractivity contribution in [1.29, 1.82) is 0 Å². The molecule has 1 heterocycles. The second-order valence-electron chi connectivity index (χ2n) is 2.86. The third-order valence-electron chi connectivity index (χ3n) is 2.37. The van der Waals surface area contributed by atoms with Crippen molar-refractivity contribution in [2.24, 2.45) is 0 Å². The molecule has 2 aliphatic rings. The summed E-state index contributed by atoms with van der Waals surface area (Å²) in [5.74, 6) is 0. The third kappa shape index (κ3) is 0.491. The number of fused-ring (bicyclic) bond motifs is 1. The van der Waals surface area contributed by atoms with E-state index in [0.717, 1.165) is 12.8 Å². The molecule has 0 aromatic carbocycles. The van der Waals surface area contributed by atoms with Crippen LogP contribution in [0.3, 0.4) is 0 Å². The molecule has 9 heavy (non-hydrogen) atoms. The Labute approximate surface area is 53.8 Å². The first-order valence-electron chi connectivity index (χ1n) is 3.35. The highest BCUT2D eigenvalue weighted by Crippen LogP contribution is 2.41. The third-order valence-corrected chi connectivity index (χ3v) is 2.37. The van der Waals surface area contributed by atoms with E-state index in [9.17, 15) is 4.79 Å². The summed E-state index contributed by atoms with van der Waals surface area (Å²) in [5.41, 5.74) is 0.164. The van der Waals surface area contributed by atoms with E-state index in [2.05, 4.69) is 17.6 Å². The lowest BCUT2D eigenvalue weighted by Crippen LogP contribution is -2.32. The highest BCUT2D eigenvalue weighted by atomic mass is 16.2. The summed E-state index contributed by atoms with van der Waals surface area (Å²) in [6, 6.07) is 0.447. The van der Waals surface area contributed by atoms with Crippen LogP contribution in [-0.4, -0.2) is 17.6 Å². The van der Waals surface area contributed by atoms with Gasteiger partial charge in [-0.1, -0.05) is 6.92 Å². The fourth-order valence-corrected chi connectivity index (χ4v) is 1.53. The predicted octanol–water partition coefficient (Wildman–Crippen LogP) is 0.220. The van der Waals surface area contributed by atoms with Gasteiger partial charge in [0.1, 0.15) is 0 Å². The number of carbonyl (C=O) groups is 1. The van der Waals surface area contributed by atoms with Gasteiger partial charge < -0.3 is 10.6 Å². The van der Waals surface area contributed by atoms with Crippen LogP contribution in [0, 0.1) is 0 Å². The molecule has 1 aliphatic carbocycles. The lowest BCUT2D eigenvalue weighted by molar-refractivity contribution is 0.243. The first kappa shape index (κ1) is 5.09. The van der Waals surface area contributed by atoms with Crippen molar-refractivity contribution >= 4 is 6.03 Å². The largest absolute Gasteiger partial charge is 0.333 e. The molecule has 0 aromatic rings. The lowest BCUT2D eigenvalue weighted by atomic mass is 10.2. The Balaban J connectivity index is 2.13. The molecular formula is C6H10N2O. The summed E-state index contributed by atoms with van der Waals surface area (Å²) in [6.45, 7) is 2.10. The van der Waals surface area contributed by atoms with Crippen LogP contribution in [0.1, 0.15) is 19.8 Å². The molecule has 2 rings (SSSR count). The molecule has 1 saturated carbocycles. The van der Waals surface area contributed by atoms with E-state index in [1.54, 1.807) is 0 Å². The van der Waals surface area contributed by atoms with Gasteiger partial charge in [0, 0.05) is 0 Å². The fraction of sp³-hybridized carbons (Fsp3) is 0.833. The number of hydrogen-bond donors (Lipinski definition) is 2. The number of hydrogen-bond acceptors (Lipinski definition) is 1. The van der Waals surface area contributed by atoms with Crippen LogP contribution in [0.15, 0.2) is 0 Å². The smallest absolute Gasteiger partial charge is 0.315 e. The first-order chi connectivity index (χ1) is 4.27.